The first kappa shape index (κ1) is 24.6. The Balaban J connectivity index is 1.62. The second kappa shape index (κ2) is 7.97. The summed E-state index contributed by atoms with van der Waals surface area (Å²) >= 11 is 0. The van der Waals surface area contributed by atoms with Crippen molar-refractivity contribution in [3.63, 3.8) is 0 Å². The van der Waals surface area contributed by atoms with Crippen LogP contribution in [0, 0.1) is 6.57 Å². The van der Waals surface area contributed by atoms with Gasteiger partial charge in [-0.25, -0.2) is 4.85 Å². The summed E-state index contributed by atoms with van der Waals surface area (Å²) in [6.45, 7) is 21.1. The van der Waals surface area contributed by atoms with Crippen molar-refractivity contribution in [3.8, 4) is 17.4 Å². The standard InChI is InChI=1S/C29H34N2O4Si/c1-8-28-15-16-29(35-28,17-18-34-36(6,7)27(2,3)4)24-23(28)25(32)31(26(24)33)22-14-13-21(30-5)19-11-9-10-12-20(19)22/h9-16,32-33H,8,17-18H2,1-4,6-7H3. The van der Waals surface area contributed by atoms with Crippen molar-refractivity contribution in [1.29, 1.82) is 0 Å². The van der Waals surface area contributed by atoms with Crippen molar-refractivity contribution in [3.05, 3.63) is 71.1 Å². The first-order valence-electron chi connectivity index (χ1n) is 12.5. The Kier molecular flexibility index (Phi) is 5.46. The van der Waals surface area contributed by atoms with Crippen LogP contribution in [-0.2, 0) is 20.4 Å². The number of ether oxygens (including phenoxy) is 1. The van der Waals surface area contributed by atoms with E-state index in [1.54, 1.807) is 12.1 Å². The fourth-order valence-corrected chi connectivity index (χ4v) is 6.41. The van der Waals surface area contributed by atoms with Crippen LogP contribution in [0.15, 0.2) is 48.6 Å². The Morgan fingerprint density at radius 2 is 1.61 bits per heavy atom. The summed E-state index contributed by atoms with van der Waals surface area (Å²) in [5.74, 6) is -0.0585. The topological polar surface area (TPSA) is 68.2 Å². The molecule has 2 unspecified atom stereocenters. The van der Waals surface area contributed by atoms with E-state index in [1.807, 2.05) is 43.3 Å². The Morgan fingerprint density at radius 3 is 2.22 bits per heavy atom. The quantitative estimate of drug-likeness (QED) is 0.209. The molecule has 1 aromatic heterocycles. The third kappa shape index (κ3) is 3.28. The summed E-state index contributed by atoms with van der Waals surface area (Å²) < 4.78 is 14.6. The third-order valence-electron chi connectivity index (χ3n) is 8.46. The van der Waals surface area contributed by atoms with E-state index in [4.69, 9.17) is 15.7 Å². The van der Waals surface area contributed by atoms with Gasteiger partial charge < -0.3 is 19.4 Å². The van der Waals surface area contributed by atoms with Gasteiger partial charge in [0, 0.05) is 13.0 Å². The van der Waals surface area contributed by atoms with Crippen molar-refractivity contribution < 1.29 is 19.4 Å². The van der Waals surface area contributed by atoms with E-state index < -0.39 is 19.5 Å². The molecule has 0 fully saturated rings. The van der Waals surface area contributed by atoms with E-state index in [1.165, 1.54) is 4.57 Å². The number of fused-ring (bicyclic) bond motifs is 6. The molecule has 0 amide bonds. The number of aromatic nitrogens is 1. The van der Waals surface area contributed by atoms with Gasteiger partial charge in [-0.1, -0.05) is 58.0 Å². The van der Waals surface area contributed by atoms with Gasteiger partial charge in [0.15, 0.2) is 14.0 Å². The van der Waals surface area contributed by atoms with Crippen molar-refractivity contribution in [1.82, 2.24) is 4.57 Å². The lowest BCUT2D eigenvalue weighted by Gasteiger charge is -2.37. The molecule has 2 atom stereocenters. The van der Waals surface area contributed by atoms with Gasteiger partial charge in [0.1, 0.15) is 11.2 Å². The summed E-state index contributed by atoms with van der Waals surface area (Å²) in [5.41, 5.74) is 0.721. The maximum absolute atomic E-state index is 11.7. The summed E-state index contributed by atoms with van der Waals surface area (Å²) in [6.07, 6.45) is 5.21. The molecule has 6 nitrogen and oxygen atoms in total. The van der Waals surface area contributed by atoms with Gasteiger partial charge in [-0.05, 0) is 53.5 Å². The molecule has 2 aliphatic heterocycles. The second-order valence-corrected chi connectivity index (χ2v) is 16.2. The van der Waals surface area contributed by atoms with Crippen LogP contribution in [-0.4, -0.2) is 29.7 Å². The molecule has 2 aromatic carbocycles. The molecule has 0 spiro atoms. The largest absolute Gasteiger partial charge is 0.494 e. The van der Waals surface area contributed by atoms with E-state index in [9.17, 15) is 10.2 Å². The zero-order valence-electron chi connectivity index (χ0n) is 21.8. The van der Waals surface area contributed by atoms with Gasteiger partial charge in [-0.3, -0.25) is 4.57 Å². The zero-order valence-corrected chi connectivity index (χ0v) is 22.8. The Bertz CT molecular complexity index is 1440. The number of aromatic hydroxyl groups is 2. The lowest BCUT2D eigenvalue weighted by Crippen LogP contribution is -2.41. The van der Waals surface area contributed by atoms with E-state index in [2.05, 4.69) is 38.7 Å². The predicted octanol–water partition coefficient (Wildman–Crippen LogP) is 7.40. The van der Waals surface area contributed by atoms with E-state index in [0.29, 0.717) is 42.0 Å². The van der Waals surface area contributed by atoms with Crippen LogP contribution >= 0.6 is 0 Å². The summed E-state index contributed by atoms with van der Waals surface area (Å²) in [7, 11) is -1.96. The molecule has 5 rings (SSSR count). The first-order valence-corrected chi connectivity index (χ1v) is 15.4. The maximum Gasteiger partial charge on any atom is 0.205 e. The maximum atomic E-state index is 11.7. The first-order chi connectivity index (χ1) is 16.9. The molecule has 7 heteroatoms. The lowest BCUT2D eigenvalue weighted by molar-refractivity contribution is -0.0831. The van der Waals surface area contributed by atoms with Gasteiger partial charge in [0.25, 0.3) is 0 Å². The van der Waals surface area contributed by atoms with Gasteiger partial charge in [0.2, 0.25) is 11.8 Å². The van der Waals surface area contributed by atoms with Crippen LogP contribution in [0.2, 0.25) is 18.1 Å². The van der Waals surface area contributed by atoms with Crippen LogP contribution in [0.4, 0.5) is 5.69 Å². The molecule has 3 aromatic rings. The third-order valence-corrected chi connectivity index (χ3v) is 13.0. The highest BCUT2D eigenvalue weighted by molar-refractivity contribution is 6.74. The fraction of sp³-hybridized carbons (Fsp3) is 0.414. The number of rotatable bonds is 6. The predicted molar refractivity (Wildman–Crippen MR) is 145 cm³/mol. The molecule has 2 aliphatic rings. The molecule has 2 bridgehead atoms. The number of nitrogens with zero attached hydrogens (tertiary/aromatic N) is 2. The van der Waals surface area contributed by atoms with Gasteiger partial charge >= 0.3 is 0 Å². The van der Waals surface area contributed by atoms with Crippen molar-refractivity contribution in [2.24, 2.45) is 0 Å². The Morgan fingerprint density at radius 1 is 1.00 bits per heavy atom. The van der Waals surface area contributed by atoms with Crippen molar-refractivity contribution in [2.45, 2.75) is 69.9 Å². The minimum absolute atomic E-state index is 0.0263. The molecule has 36 heavy (non-hydrogen) atoms. The molecule has 0 saturated heterocycles. The SMILES string of the molecule is [C-]#[N+]c1ccc(-n2c(O)c3c(c2O)C2(CCO[Si](C)(C)C(C)(C)C)C=CC3(CC)O2)c2ccccc12. The average molecular weight is 503 g/mol. The lowest BCUT2D eigenvalue weighted by atomic mass is 9.81. The zero-order chi connectivity index (χ0) is 26.1. The monoisotopic (exact) mass is 502 g/mol. The molecule has 0 radical (unpaired) electrons. The number of benzene rings is 2. The Hall–Kier alpha value is -3.05. The van der Waals surface area contributed by atoms with Gasteiger partial charge in [-0.15, -0.1) is 0 Å². The van der Waals surface area contributed by atoms with E-state index >= 15 is 0 Å². The molecule has 0 aliphatic carbocycles. The van der Waals surface area contributed by atoms with Gasteiger partial charge in [0.05, 0.1) is 23.4 Å². The fourth-order valence-electron chi connectivity index (χ4n) is 5.37. The summed E-state index contributed by atoms with van der Waals surface area (Å²) in [5, 5.41) is 24.9. The second-order valence-electron chi connectivity index (χ2n) is 11.4. The highest BCUT2D eigenvalue weighted by Crippen LogP contribution is 2.63. The van der Waals surface area contributed by atoms with Crippen LogP contribution in [0.5, 0.6) is 11.8 Å². The molecular formula is C29H34N2O4Si. The molecule has 3 heterocycles. The summed E-state index contributed by atoms with van der Waals surface area (Å²) in [4.78, 5) is 3.64. The minimum Gasteiger partial charge on any atom is -0.494 e. The van der Waals surface area contributed by atoms with Crippen molar-refractivity contribution >= 4 is 24.8 Å². The van der Waals surface area contributed by atoms with Crippen LogP contribution < -0.4 is 0 Å². The van der Waals surface area contributed by atoms with Crippen LogP contribution in [0.1, 0.15) is 51.7 Å². The van der Waals surface area contributed by atoms with Crippen molar-refractivity contribution in [2.75, 3.05) is 6.61 Å². The van der Waals surface area contributed by atoms with Crippen LogP contribution in [0.3, 0.4) is 0 Å². The highest BCUT2D eigenvalue weighted by Gasteiger charge is 2.60. The highest BCUT2D eigenvalue weighted by atomic mass is 28.4. The molecule has 0 saturated carbocycles. The van der Waals surface area contributed by atoms with E-state index in [0.717, 1.165) is 10.8 Å². The Labute approximate surface area is 213 Å². The number of hydrogen-bond donors (Lipinski definition) is 2. The average Bonchev–Trinajstić information content (AvgIpc) is 3.44. The number of hydrogen-bond acceptors (Lipinski definition) is 4. The normalized spacial score (nSPS) is 22.8. The smallest absolute Gasteiger partial charge is 0.205 e. The van der Waals surface area contributed by atoms with Crippen LogP contribution in [0.25, 0.3) is 21.3 Å². The molecule has 2 N–H and O–H groups in total. The molecule has 188 valence electrons. The minimum atomic E-state index is -1.96. The summed E-state index contributed by atoms with van der Waals surface area (Å²) in [6, 6.07) is 11.1. The van der Waals surface area contributed by atoms with Gasteiger partial charge in [-0.2, -0.15) is 0 Å². The molecular weight excluding hydrogens is 468 g/mol. The van der Waals surface area contributed by atoms with E-state index in [-0.39, 0.29) is 16.8 Å².